The summed E-state index contributed by atoms with van der Waals surface area (Å²) in [5.74, 6) is 0.265. The lowest BCUT2D eigenvalue weighted by atomic mass is 10.0. The number of ether oxygens (including phenoxy) is 1. The molecule has 142 valence electrons. The standard InChI is InChI=1S/C21H17BrFN3O2/c22-16-3-4-17(18(23)10-16)21(27)26-7-8-28-19-5-1-13(9-15(19)12-26)14-2-6-20(24)25-11-14/h1-6,9-11H,7-8,12H2,(H2,24,25). The third-order valence-electron chi connectivity index (χ3n) is 4.61. The fraction of sp³-hybridized carbons (Fsp3) is 0.143. The largest absolute Gasteiger partial charge is 0.491 e. The molecule has 0 fully saturated rings. The van der Waals surface area contributed by atoms with Gasteiger partial charge < -0.3 is 15.4 Å². The molecular formula is C21H17BrFN3O2. The first-order valence-corrected chi connectivity index (χ1v) is 9.52. The van der Waals surface area contributed by atoms with E-state index < -0.39 is 5.82 Å². The number of carbonyl (C=O) groups is 1. The number of anilines is 1. The predicted octanol–water partition coefficient (Wildman–Crippen LogP) is 4.27. The van der Waals surface area contributed by atoms with Gasteiger partial charge in [-0.25, -0.2) is 9.37 Å². The van der Waals surface area contributed by atoms with Crippen LogP contribution < -0.4 is 10.5 Å². The Morgan fingerprint density at radius 2 is 1.96 bits per heavy atom. The van der Waals surface area contributed by atoms with Crippen molar-refractivity contribution in [3.8, 4) is 16.9 Å². The van der Waals surface area contributed by atoms with Crippen LogP contribution in [0.25, 0.3) is 11.1 Å². The van der Waals surface area contributed by atoms with Crippen LogP contribution >= 0.6 is 15.9 Å². The van der Waals surface area contributed by atoms with E-state index >= 15 is 0 Å². The van der Waals surface area contributed by atoms with E-state index in [1.165, 1.54) is 12.1 Å². The molecule has 5 nitrogen and oxygen atoms in total. The summed E-state index contributed by atoms with van der Waals surface area (Å²) in [6.07, 6.45) is 1.70. The van der Waals surface area contributed by atoms with Crippen molar-refractivity contribution in [3.63, 3.8) is 0 Å². The maximum atomic E-state index is 14.2. The van der Waals surface area contributed by atoms with Gasteiger partial charge in [-0.2, -0.15) is 0 Å². The molecule has 0 bridgehead atoms. The topological polar surface area (TPSA) is 68.5 Å². The van der Waals surface area contributed by atoms with Crippen molar-refractivity contribution >= 4 is 27.7 Å². The van der Waals surface area contributed by atoms with Crippen molar-refractivity contribution in [1.82, 2.24) is 9.88 Å². The molecule has 0 aliphatic carbocycles. The SMILES string of the molecule is Nc1ccc(-c2ccc3c(c2)CN(C(=O)c2ccc(Br)cc2F)CCO3)cn1. The zero-order valence-electron chi connectivity index (χ0n) is 14.9. The van der Waals surface area contributed by atoms with Gasteiger partial charge in [0, 0.05) is 28.3 Å². The molecule has 0 unspecified atom stereocenters. The van der Waals surface area contributed by atoms with Crippen LogP contribution in [0.15, 0.2) is 59.2 Å². The Balaban J connectivity index is 1.64. The lowest BCUT2D eigenvalue weighted by Crippen LogP contribution is -2.33. The lowest BCUT2D eigenvalue weighted by Gasteiger charge is -2.20. The summed E-state index contributed by atoms with van der Waals surface area (Å²) < 4.78 is 20.6. The highest BCUT2D eigenvalue weighted by molar-refractivity contribution is 9.10. The molecule has 1 aliphatic rings. The molecule has 0 atom stereocenters. The van der Waals surface area contributed by atoms with Crippen LogP contribution in [0.3, 0.4) is 0 Å². The van der Waals surface area contributed by atoms with Crippen molar-refractivity contribution in [1.29, 1.82) is 0 Å². The normalized spacial score (nSPS) is 13.4. The lowest BCUT2D eigenvalue weighted by molar-refractivity contribution is 0.0728. The molecule has 0 spiro atoms. The number of hydrogen-bond donors (Lipinski definition) is 1. The van der Waals surface area contributed by atoms with Gasteiger partial charge in [0.1, 0.15) is 24.0 Å². The molecule has 0 saturated carbocycles. The highest BCUT2D eigenvalue weighted by Gasteiger charge is 2.23. The molecule has 4 rings (SSSR count). The minimum atomic E-state index is -0.550. The monoisotopic (exact) mass is 441 g/mol. The van der Waals surface area contributed by atoms with Crippen molar-refractivity contribution in [2.24, 2.45) is 0 Å². The van der Waals surface area contributed by atoms with Crippen molar-refractivity contribution in [3.05, 3.63) is 76.1 Å². The maximum absolute atomic E-state index is 14.2. The molecule has 3 aromatic rings. The fourth-order valence-corrected chi connectivity index (χ4v) is 3.49. The fourth-order valence-electron chi connectivity index (χ4n) is 3.16. The molecule has 1 amide bonds. The Bertz CT molecular complexity index is 1040. The van der Waals surface area contributed by atoms with E-state index in [1.807, 2.05) is 24.3 Å². The highest BCUT2D eigenvalue weighted by Crippen LogP contribution is 2.30. The number of nitrogens with zero attached hydrogens (tertiary/aromatic N) is 2. The number of nitrogens with two attached hydrogens (primary N) is 1. The highest BCUT2D eigenvalue weighted by atomic mass is 79.9. The minimum Gasteiger partial charge on any atom is -0.491 e. The van der Waals surface area contributed by atoms with Crippen molar-refractivity contribution in [2.45, 2.75) is 6.54 Å². The van der Waals surface area contributed by atoms with Gasteiger partial charge >= 0.3 is 0 Å². The Kier molecular flexibility index (Phi) is 5.00. The summed E-state index contributed by atoms with van der Waals surface area (Å²) in [6.45, 7) is 1.06. The van der Waals surface area contributed by atoms with Gasteiger partial charge in [-0.3, -0.25) is 4.79 Å². The molecule has 0 saturated heterocycles. The molecule has 1 aliphatic heterocycles. The first-order valence-electron chi connectivity index (χ1n) is 8.73. The number of hydrogen-bond acceptors (Lipinski definition) is 4. The number of halogens is 2. The number of benzene rings is 2. The van der Waals surface area contributed by atoms with E-state index in [4.69, 9.17) is 10.5 Å². The second-order valence-corrected chi connectivity index (χ2v) is 7.41. The summed E-state index contributed by atoms with van der Waals surface area (Å²) in [5.41, 5.74) is 8.42. The smallest absolute Gasteiger partial charge is 0.257 e. The van der Waals surface area contributed by atoms with Gasteiger partial charge in [0.2, 0.25) is 0 Å². The van der Waals surface area contributed by atoms with Crippen LogP contribution in [0, 0.1) is 5.82 Å². The summed E-state index contributed by atoms with van der Waals surface area (Å²) in [5, 5.41) is 0. The van der Waals surface area contributed by atoms with E-state index in [9.17, 15) is 9.18 Å². The van der Waals surface area contributed by atoms with Crippen LogP contribution in [0.5, 0.6) is 5.75 Å². The average molecular weight is 442 g/mol. The Morgan fingerprint density at radius 1 is 1.14 bits per heavy atom. The predicted molar refractivity (Wildman–Crippen MR) is 108 cm³/mol. The van der Waals surface area contributed by atoms with Gasteiger partial charge in [0.15, 0.2) is 0 Å². The number of nitrogen functional groups attached to an aromatic ring is 1. The summed E-state index contributed by atoms with van der Waals surface area (Å²) in [7, 11) is 0. The van der Waals surface area contributed by atoms with Gasteiger partial charge in [-0.15, -0.1) is 0 Å². The van der Waals surface area contributed by atoms with E-state index in [2.05, 4.69) is 20.9 Å². The zero-order valence-corrected chi connectivity index (χ0v) is 16.4. The second-order valence-electron chi connectivity index (χ2n) is 6.49. The molecule has 7 heteroatoms. The Morgan fingerprint density at radius 3 is 2.71 bits per heavy atom. The number of pyridine rings is 1. The molecule has 2 aromatic carbocycles. The third-order valence-corrected chi connectivity index (χ3v) is 5.10. The van der Waals surface area contributed by atoms with Crippen LogP contribution in [0.1, 0.15) is 15.9 Å². The quantitative estimate of drug-likeness (QED) is 0.644. The summed E-state index contributed by atoms with van der Waals surface area (Å²) in [4.78, 5) is 18.6. The molecule has 2 N–H and O–H groups in total. The van der Waals surface area contributed by atoms with Crippen LogP contribution in [0.2, 0.25) is 0 Å². The molecule has 28 heavy (non-hydrogen) atoms. The van der Waals surface area contributed by atoms with Crippen molar-refractivity contribution < 1.29 is 13.9 Å². The second kappa shape index (κ2) is 7.59. The van der Waals surface area contributed by atoms with E-state index in [1.54, 1.807) is 23.2 Å². The zero-order chi connectivity index (χ0) is 19.7. The number of rotatable bonds is 2. The van der Waals surface area contributed by atoms with Gasteiger partial charge in [-0.1, -0.05) is 22.0 Å². The van der Waals surface area contributed by atoms with Crippen LogP contribution in [-0.4, -0.2) is 28.9 Å². The maximum Gasteiger partial charge on any atom is 0.257 e. The molecule has 2 heterocycles. The first-order chi connectivity index (χ1) is 13.5. The number of fused-ring (bicyclic) bond motifs is 1. The number of amides is 1. The summed E-state index contributed by atoms with van der Waals surface area (Å²) in [6, 6.07) is 13.9. The average Bonchev–Trinajstić information content (AvgIpc) is 2.90. The van der Waals surface area contributed by atoms with Crippen molar-refractivity contribution in [2.75, 3.05) is 18.9 Å². The number of aromatic nitrogens is 1. The summed E-state index contributed by atoms with van der Waals surface area (Å²) >= 11 is 3.21. The first kappa shape index (κ1) is 18.4. The van der Waals surface area contributed by atoms with E-state index in [0.29, 0.717) is 30.0 Å². The van der Waals surface area contributed by atoms with Crippen LogP contribution in [-0.2, 0) is 6.54 Å². The van der Waals surface area contributed by atoms with Gasteiger partial charge in [0.05, 0.1) is 12.1 Å². The molecule has 1 aromatic heterocycles. The van der Waals surface area contributed by atoms with E-state index in [0.717, 1.165) is 22.4 Å². The van der Waals surface area contributed by atoms with E-state index in [-0.39, 0.29) is 11.5 Å². The Hall–Kier alpha value is -2.93. The Labute approximate surface area is 170 Å². The molecular weight excluding hydrogens is 425 g/mol. The third kappa shape index (κ3) is 3.71. The van der Waals surface area contributed by atoms with Gasteiger partial charge in [-0.05, 0) is 48.0 Å². The van der Waals surface area contributed by atoms with Crippen LogP contribution in [0.4, 0.5) is 10.2 Å². The number of carbonyl (C=O) groups excluding carboxylic acids is 1. The minimum absolute atomic E-state index is 0.0468. The van der Waals surface area contributed by atoms with Gasteiger partial charge in [0.25, 0.3) is 5.91 Å². The molecule has 0 radical (unpaired) electrons.